The van der Waals surface area contributed by atoms with Gasteiger partial charge in [0.05, 0.1) is 17.8 Å². The molecule has 3 heteroatoms. The van der Waals surface area contributed by atoms with Gasteiger partial charge in [0.2, 0.25) is 0 Å². The van der Waals surface area contributed by atoms with Crippen LogP contribution in [0, 0.1) is 11.8 Å². The van der Waals surface area contributed by atoms with Crippen LogP contribution in [-0.2, 0) is 0 Å². The summed E-state index contributed by atoms with van der Waals surface area (Å²) in [5.41, 5.74) is 1.27. The maximum Gasteiger partial charge on any atom is 0.0705 e. The SMILES string of the molecule is CCNC1CC(C)CC(C)C1n1ncc2ccccc21. The summed E-state index contributed by atoms with van der Waals surface area (Å²) in [6.07, 6.45) is 4.54. The first-order chi connectivity index (χ1) is 9.70. The quantitative estimate of drug-likeness (QED) is 0.924. The first kappa shape index (κ1) is 13.6. The van der Waals surface area contributed by atoms with E-state index in [-0.39, 0.29) is 0 Å². The Morgan fingerprint density at radius 2 is 2.05 bits per heavy atom. The van der Waals surface area contributed by atoms with Gasteiger partial charge in [0.1, 0.15) is 0 Å². The molecule has 1 N–H and O–H groups in total. The third-order valence-electron chi connectivity index (χ3n) is 4.68. The number of benzene rings is 1. The van der Waals surface area contributed by atoms with Crippen molar-refractivity contribution < 1.29 is 0 Å². The highest BCUT2D eigenvalue weighted by molar-refractivity contribution is 5.78. The van der Waals surface area contributed by atoms with Gasteiger partial charge in [-0.2, -0.15) is 5.10 Å². The number of nitrogens with zero attached hydrogens (tertiary/aromatic N) is 2. The third-order valence-corrected chi connectivity index (χ3v) is 4.68. The molecule has 2 aromatic rings. The molecule has 1 aromatic heterocycles. The van der Waals surface area contributed by atoms with Crippen molar-refractivity contribution in [3.8, 4) is 0 Å². The Kier molecular flexibility index (Phi) is 3.79. The second kappa shape index (κ2) is 5.57. The van der Waals surface area contributed by atoms with Gasteiger partial charge < -0.3 is 5.32 Å². The van der Waals surface area contributed by atoms with Crippen LogP contribution in [0.4, 0.5) is 0 Å². The van der Waals surface area contributed by atoms with Gasteiger partial charge in [0.15, 0.2) is 0 Å². The maximum atomic E-state index is 4.70. The molecule has 0 radical (unpaired) electrons. The van der Waals surface area contributed by atoms with Crippen LogP contribution in [0.2, 0.25) is 0 Å². The molecule has 0 spiro atoms. The lowest BCUT2D eigenvalue weighted by Gasteiger charge is -2.40. The van der Waals surface area contributed by atoms with Crippen LogP contribution >= 0.6 is 0 Å². The highest BCUT2D eigenvalue weighted by atomic mass is 15.3. The van der Waals surface area contributed by atoms with Crippen molar-refractivity contribution in [2.75, 3.05) is 6.54 Å². The fourth-order valence-electron chi connectivity index (χ4n) is 3.95. The minimum absolute atomic E-state index is 0.464. The number of likely N-dealkylation sites (N-methyl/N-ethyl adjacent to an activating group) is 1. The van der Waals surface area contributed by atoms with E-state index >= 15 is 0 Å². The van der Waals surface area contributed by atoms with Gasteiger partial charge in [0, 0.05) is 11.4 Å². The summed E-state index contributed by atoms with van der Waals surface area (Å²) in [6, 6.07) is 9.53. The lowest BCUT2D eigenvalue weighted by molar-refractivity contribution is 0.148. The second-order valence-electron chi connectivity index (χ2n) is 6.36. The number of rotatable bonds is 3. The Morgan fingerprint density at radius 1 is 1.25 bits per heavy atom. The van der Waals surface area contributed by atoms with Gasteiger partial charge in [-0.25, -0.2) is 0 Å². The van der Waals surface area contributed by atoms with E-state index in [1.54, 1.807) is 0 Å². The molecule has 4 unspecified atom stereocenters. The van der Waals surface area contributed by atoms with E-state index in [9.17, 15) is 0 Å². The van der Waals surface area contributed by atoms with Crippen molar-refractivity contribution in [2.45, 2.75) is 45.7 Å². The molecule has 1 aliphatic carbocycles. The van der Waals surface area contributed by atoms with E-state index in [4.69, 9.17) is 5.10 Å². The molecule has 1 fully saturated rings. The summed E-state index contributed by atoms with van der Waals surface area (Å²) >= 11 is 0. The molecule has 4 atom stereocenters. The van der Waals surface area contributed by atoms with Gasteiger partial charge in [-0.15, -0.1) is 0 Å². The lowest BCUT2D eigenvalue weighted by Crippen LogP contribution is -2.45. The van der Waals surface area contributed by atoms with E-state index in [1.165, 1.54) is 23.7 Å². The van der Waals surface area contributed by atoms with Gasteiger partial charge in [-0.05, 0) is 37.3 Å². The van der Waals surface area contributed by atoms with Crippen molar-refractivity contribution in [1.82, 2.24) is 15.1 Å². The van der Waals surface area contributed by atoms with Crippen LogP contribution < -0.4 is 5.32 Å². The average Bonchev–Trinajstić information content (AvgIpc) is 2.82. The molecule has 0 aliphatic heterocycles. The zero-order valence-corrected chi connectivity index (χ0v) is 12.7. The molecule has 1 heterocycles. The van der Waals surface area contributed by atoms with Crippen molar-refractivity contribution in [3.05, 3.63) is 30.5 Å². The maximum absolute atomic E-state index is 4.70. The highest BCUT2D eigenvalue weighted by Crippen LogP contribution is 2.38. The predicted octanol–water partition coefficient (Wildman–Crippen LogP) is 3.62. The van der Waals surface area contributed by atoms with Crippen LogP contribution in [0.1, 0.15) is 39.7 Å². The summed E-state index contributed by atoms with van der Waals surface area (Å²) in [5, 5.41) is 9.64. The first-order valence-electron chi connectivity index (χ1n) is 7.86. The van der Waals surface area contributed by atoms with Crippen molar-refractivity contribution in [1.29, 1.82) is 0 Å². The highest BCUT2D eigenvalue weighted by Gasteiger charge is 2.35. The van der Waals surface area contributed by atoms with Crippen LogP contribution in [0.5, 0.6) is 0 Å². The Morgan fingerprint density at radius 3 is 2.85 bits per heavy atom. The lowest BCUT2D eigenvalue weighted by atomic mass is 9.76. The van der Waals surface area contributed by atoms with E-state index in [1.807, 2.05) is 6.20 Å². The zero-order chi connectivity index (χ0) is 14.1. The Bertz CT molecular complexity index is 574. The number of hydrogen-bond acceptors (Lipinski definition) is 2. The van der Waals surface area contributed by atoms with Crippen LogP contribution in [0.25, 0.3) is 10.9 Å². The van der Waals surface area contributed by atoms with E-state index in [2.05, 4.69) is 55.0 Å². The van der Waals surface area contributed by atoms with Gasteiger partial charge in [0.25, 0.3) is 0 Å². The molecule has 1 aliphatic rings. The first-order valence-corrected chi connectivity index (χ1v) is 7.86. The van der Waals surface area contributed by atoms with Gasteiger partial charge >= 0.3 is 0 Å². The van der Waals surface area contributed by atoms with Crippen molar-refractivity contribution >= 4 is 10.9 Å². The molecule has 3 rings (SSSR count). The Hall–Kier alpha value is -1.35. The van der Waals surface area contributed by atoms with Crippen LogP contribution in [0.3, 0.4) is 0 Å². The smallest absolute Gasteiger partial charge is 0.0705 e. The number of fused-ring (bicyclic) bond motifs is 1. The normalized spacial score (nSPS) is 30.8. The number of aromatic nitrogens is 2. The van der Waals surface area contributed by atoms with Crippen molar-refractivity contribution in [2.24, 2.45) is 11.8 Å². The van der Waals surface area contributed by atoms with Crippen LogP contribution in [-0.4, -0.2) is 22.4 Å². The average molecular weight is 271 g/mol. The second-order valence-corrected chi connectivity index (χ2v) is 6.36. The Balaban J connectivity index is 2.00. The summed E-state index contributed by atoms with van der Waals surface area (Å²) < 4.78 is 2.26. The fraction of sp³-hybridized carbons (Fsp3) is 0.588. The zero-order valence-electron chi connectivity index (χ0n) is 12.7. The molecule has 0 amide bonds. The molecular formula is C17H25N3. The summed E-state index contributed by atoms with van der Waals surface area (Å²) in [4.78, 5) is 0. The molecule has 1 aromatic carbocycles. The predicted molar refractivity (Wildman–Crippen MR) is 83.8 cm³/mol. The Labute approximate surface area is 121 Å². The van der Waals surface area contributed by atoms with E-state index in [0.717, 1.165) is 12.5 Å². The minimum atomic E-state index is 0.464. The van der Waals surface area contributed by atoms with Gasteiger partial charge in [-0.3, -0.25) is 4.68 Å². The molecule has 108 valence electrons. The monoisotopic (exact) mass is 271 g/mol. The number of nitrogens with one attached hydrogen (secondary N) is 1. The third kappa shape index (κ3) is 2.35. The van der Waals surface area contributed by atoms with E-state index in [0.29, 0.717) is 18.0 Å². The number of para-hydroxylation sites is 1. The molecule has 1 saturated carbocycles. The van der Waals surface area contributed by atoms with Crippen LogP contribution in [0.15, 0.2) is 30.5 Å². The molecule has 0 saturated heterocycles. The van der Waals surface area contributed by atoms with E-state index < -0.39 is 0 Å². The summed E-state index contributed by atoms with van der Waals surface area (Å²) in [7, 11) is 0. The minimum Gasteiger partial charge on any atom is -0.312 e. The fourth-order valence-corrected chi connectivity index (χ4v) is 3.95. The molecule has 20 heavy (non-hydrogen) atoms. The molecule has 0 bridgehead atoms. The topological polar surface area (TPSA) is 29.9 Å². The summed E-state index contributed by atoms with van der Waals surface area (Å²) in [6.45, 7) is 7.97. The number of hydrogen-bond donors (Lipinski definition) is 1. The standard InChI is InChI=1S/C17H25N3/c1-4-18-15-10-12(2)9-13(3)17(15)20-16-8-6-5-7-14(16)11-19-20/h5-8,11-13,15,17-18H,4,9-10H2,1-3H3. The molecular weight excluding hydrogens is 246 g/mol. The largest absolute Gasteiger partial charge is 0.312 e. The van der Waals surface area contributed by atoms with Crippen molar-refractivity contribution in [3.63, 3.8) is 0 Å². The van der Waals surface area contributed by atoms with Gasteiger partial charge in [-0.1, -0.05) is 39.0 Å². The summed E-state index contributed by atoms with van der Waals surface area (Å²) in [5.74, 6) is 1.46. The molecule has 3 nitrogen and oxygen atoms in total.